The number of halogens is 1. The second kappa shape index (κ2) is 6.65. The van der Waals surface area contributed by atoms with Crippen molar-refractivity contribution in [2.45, 2.75) is 12.3 Å². The highest BCUT2D eigenvalue weighted by atomic mass is 35.5. The minimum atomic E-state index is -0.172. The van der Waals surface area contributed by atoms with E-state index in [0.29, 0.717) is 52.5 Å². The molecular weight excluding hydrogens is 382 g/mol. The van der Waals surface area contributed by atoms with Crippen LogP contribution < -0.4 is 4.90 Å². The molecule has 1 amide bonds. The Morgan fingerprint density at radius 2 is 2.11 bits per heavy atom. The van der Waals surface area contributed by atoms with Gasteiger partial charge in [0.25, 0.3) is 5.89 Å². The van der Waals surface area contributed by atoms with Gasteiger partial charge in [0.1, 0.15) is 11.4 Å². The van der Waals surface area contributed by atoms with Crippen molar-refractivity contribution in [3.05, 3.63) is 59.6 Å². The van der Waals surface area contributed by atoms with Gasteiger partial charge in [0.15, 0.2) is 11.6 Å². The van der Waals surface area contributed by atoms with E-state index in [2.05, 4.69) is 20.3 Å². The first kappa shape index (κ1) is 16.8. The fraction of sp³-hybridized carbons (Fsp3) is 0.158. The normalized spacial score (nSPS) is 16.8. The predicted molar refractivity (Wildman–Crippen MR) is 101 cm³/mol. The molecule has 1 atom stereocenters. The smallest absolute Gasteiger partial charge is 0.275 e. The Morgan fingerprint density at radius 1 is 1.21 bits per heavy atom. The number of nitrogens with zero attached hydrogens (tertiary/aromatic N) is 4. The minimum Gasteiger partial charge on any atom is -0.463 e. The number of rotatable bonds is 4. The number of furan rings is 1. The number of hydrogen-bond donors (Lipinski definition) is 1. The van der Waals surface area contributed by atoms with Gasteiger partial charge >= 0.3 is 0 Å². The van der Waals surface area contributed by atoms with E-state index in [1.807, 2.05) is 24.3 Å². The third kappa shape index (κ3) is 2.87. The van der Waals surface area contributed by atoms with Crippen LogP contribution in [0.3, 0.4) is 0 Å². The summed E-state index contributed by atoms with van der Waals surface area (Å²) in [6.07, 6.45) is 1.88. The van der Waals surface area contributed by atoms with Crippen molar-refractivity contribution < 1.29 is 13.7 Å². The van der Waals surface area contributed by atoms with E-state index >= 15 is 0 Å². The van der Waals surface area contributed by atoms with Crippen LogP contribution in [-0.2, 0) is 4.79 Å². The molecule has 4 aromatic rings. The molecule has 0 saturated carbocycles. The van der Waals surface area contributed by atoms with Crippen molar-refractivity contribution in [1.82, 2.24) is 20.3 Å². The molecule has 9 heteroatoms. The fourth-order valence-electron chi connectivity index (χ4n) is 3.28. The van der Waals surface area contributed by atoms with Gasteiger partial charge in [-0.05, 0) is 24.3 Å². The molecular formula is C19H14ClN5O3. The quantitative estimate of drug-likeness (QED) is 0.562. The van der Waals surface area contributed by atoms with Gasteiger partial charge in [0.05, 0.1) is 17.0 Å². The zero-order valence-electron chi connectivity index (χ0n) is 14.5. The SMILES string of the molecule is O=C1CC(c2noc(-c3cc(-c4ccco4)n[nH]3)n2)CN1c1ccccc1Cl. The highest BCUT2D eigenvalue weighted by Gasteiger charge is 2.35. The third-order valence-electron chi connectivity index (χ3n) is 4.66. The van der Waals surface area contributed by atoms with Gasteiger partial charge < -0.3 is 13.8 Å². The Bertz CT molecular complexity index is 1130. The molecule has 1 saturated heterocycles. The van der Waals surface area contributed by atoms with Crippen LogP contribution in [0.1, 0.15) is 18.2 Å². The molecule has 1 unspecified atom stereocenters. The molecule has 8 nitrogen and oxygen atoms in total. The Kier molecular flexibility index (Phi) is 3.98. The Labute approximate surface area is 164 Å². The van der Waals surface area contributed by atoms with E-state index in [1.54, 1.807) is 29.4 Å². The minimum absolute atomic E-state index is 0.0221. The van der Waals surface area contributed by atoms with Crippen LogP contribution in [0.2, 0.25) is 5.02 Å². The number of nitrogens with one attached hydrogen (secondary N) is 1. The lowest BCUT2D eigenvalue weighted by Crippen LogP contribution is -2.24. The molecule has 0 radical (unpaired) electrons. The molecule has 0 spiro atoms. The second-order valence-corrected chi connectivity index (χ2v) is 6.87. The third-order valence-corrected chi connectivity index (χ3v) is 4.98. The van der Waals surface area contributed by atoms with Crippen LogP contribution in [0.4, 0.5) is 5.69 Å². The number of benzene rings is 1. The molecule has 1 fully saturated rings. The summed E-state index contributed by atoms with van der Waals surface area (Å²) in [6.45, 7) is 0.447. The van der Waals surface area contributed by atoms with Crippen molar-refractivity contribution in [3.63, 3.8) is 0 Å². The lowest BCUT2D eigenvalue weighted by Gasteiger charge is -2.17. The standard InChI is InChI=1S/C19H14ClN5O3/c20-12-4-1-2-5-15(12)25-10-11(8-17(25)26)18-21-19(28-24-18)14-9-13(22-23-14)16-6-3-7-27-16/h1-7,9,11H,8,10H2,(H,22,23). The molecule has 3 aromatic heterocycles. The summed E-state index contributed by atoms with van der Waals surface area (Å²) < 4.78 is 10.7. The van der Waals surface area contributed by atoms with Crippen molar-refractivity contribution in [2.24, 2.45) is 0 Å². The van der Waals surface area contributed by atoms with Crippen LogP contribution in [0.15, 0.2) is 57.7 Å². The summed E-state index contributed by atoms with van der Waals surface area (Å²) in [5.41, 5.74) is 1.91. The topological polar surface area (TPSA) is 101 Å². The van der Waals surface area contributed by atoms with E-state index < -0.39 is 0 Å². The predicted octanol–water partition coefficient (Wildman–Crippen LogP) is 3.89. The molecule has 5 rings (SSSR count). The summed E-state index contributed by atoms with van der Waals surface area (Å²) >= 11 is 6.23. The number of hydrogen-bond acceptors (Lipinski definition) is 6. The summed E-state index contributed by atoms with van der Waals surface area (Å²) in [7, 11) is 0. The van der Waals surface area contributed by atoms with Crippen LogP contribution >= 0.6 is 11.6 Å². The summed E-state index contributed by atoms with van der Waals surface area (Å²) in [5, 5.41) is 11.7. The first-order valence-electron chi connectivity index (χ1n) is 8.67. The first-order chi connectivity index (χ1) is 13.7. The fourth-order valence-corrected chi connectivity index (χ4v) is 3.51. The number of carbonyl (C=O) groups excluding carboxylic acids is 1. The zero-order chi connectivity index (χ0) is 19.1. The number of H-pyrrole nitrogens is 1. The highest BCUT2D eigenvalue weighted by Crippen LogP contribution is 2.34. The number of anilines is 1. The number of amides is 1. The van der Waals surface area contributed by atoms with Gasteiger partial charge in [-0.25, -0.2) is 0 Å². The monoisotopic (exact) mass is 395 g/mol. The summed E-state index contributed by atoms with van der Waals surface area (Å²) in [5.74, 6) is 1.23. The lowest BCUT2D eigenvalue weighted by molar-refractivity contribution is -0.117. The Hall–Kier alpha value is -3.39. The number of aromatic amines is 1. The van der Waals surface area contributed by atoms with Crippen LogP contribution in [-0.4, -0.2) is 32.8 Å². The van der Waals surface area contributed by atoms with E-state index in [1.165, 1.54) is 0 Å². The maximum absolute atomic E-state index is 12.5. The van der Waals surface area contributed by atoms with E-state index in [9.17, 15) is 4.79 Å². The van der Waals surface area contributed by atoms with Gasteiger partial charge in [0, 0.05) is 24.9 Å². The Balaban J connectivity index is 1.37. The number of carbonyl (C=O) groups is 1. The largest absolute Gasteiger partial charge is 0.463 e. The molecule has 1 aromatic carbocycles. The molecule has 0 bridgehead atoms. The molecule has 28 heavy (non-hydrogen) atoms. The van der Waals surface area contributed by atoms with E-state index in [0.717, 1.165) is 0 Å². The van der Waals surface area contributed by atoms with E-state index in [-0.39, 0.29) is 11.8 Å². The average molecular weight is 396 g/mol. The maximum atomic E-state index is 12.5. The molecule has 0 aliphatic carbocycles. The van der Waals surface area contributed by atoms with Gasteiger partial charge in [-0.3, -0.25) is 9.89 Å². The van der Waals surface area contributed by atoms with Gasteiger partial charge in [-0.1, -0.05) is 28.9 Å². The number of para-hydroxylation sites is 1. The molecule has 4 heterocycles. The molecule has 140 valence electrons. The zero-order valence-corrected chi connectivity index (χ0v) is 15.3. The van der Waals surface area contributed by atoms with Crippen LogP contribution in [0.25, 0.3) is 23.0 Å². The molecule has 1 N–H and O–H groups in total. The molecule has 1 aliphatic rings. The Morgan fingerprint density at radius 3 is 2.93 bits per heavy atom. The second-order valence-electron chi connectivity index (χ2n) is 6.46. The first-order valence-corrected chi connectivity index (χ1v) is 9.05. The maximum Gasteiger partial charge on any atom is 0.275 e. The van der Waals surface area contributed by atoms with Crippen molar-refractivity contribution >= 4 is 23.2 Å². The highest BCUT2D eigenvalue weighted by molar-refractivity contribution is 6.33. The number of aromatic nitrogens is 4. The van der Waals surface area contributed by atoms with Gasteiger partial charge in [0.2, 0.25) is 5.91 Å². The van der Waals surface area contributed by atoms with Crippen LogP contribution in [0, 0.1) is 0 Å². The van der Waals surface area contributed by atoms with Crippen molar-refractivity contribution in [3.8, 4) is 23.0 Å². The van der Waals surface area contributed by atoms with Crippen molar-refractivity contribution in [2.75, 3.05) is 11.4 Å². The summed E-state index contributed by atoms with van der Waals surface area (Å²) in [6, 6.07) is 12.6. The molecule has 1 aliphatic heterocycles. The lowest BCUT2D eigenvalue weighted by atomic mass is 10.1. The van der Waals surface area contributed by atoms with Crippen molar-refractivity contribution in [1.29, 1.82) is 0 Å². The van der Waals surface area contributed by atoms with Gasteiger partial charge in [-0.15, -0.1) is 0 Å². The van der Waals surface area contributed by atoms with E-state index in [4.69, 9.17) is 20.5 Å². The van der Waals surface area contributed by atoms with Crippen LogP contribution in [0.5, 0.6) is 0 Å². The average Bonchev–Trinajstić information content (AvgIpc) is 3.47. The summed E-state index contributed by atoms with van der Waals surface area (Å²) in [4.78, 5) is 18.6. The van der Waals surface area contributed by atoms with Gasteiger partial charge in [-0.2, -0.15) is 10.1 Å².